The van der Waals surface area contributed by atoms with E-state index in [1.165, 1.54) is 11.3 Å². The van der Waals surface area contributed by atoms with Gasteiger partial charge in [0.1, 0.15) is 10.7 Å². The van der Waals surface area contributed by atoms with Crippen LogP contribution in [0.5, 0.6) is 0 Å². The van der Waals surface area contributed by atoms with Gasteiger partial charge in [0.2, 0.25) is 0 Å². The minimum atomic E-state index is -0.315. The summed E-state index contributed by atoms with van der Waals surface area (Å²) in [6, 6.07) is -0.315. The molecule has 0 radical (unpaired) electrons. The maximum Gasteiger partial charge on any atom is 0.268 e. The van der Waals surface area contributed by atoms with Crippen LogP contribution < -0.4 is 11.1 Å². The molecule has 1 aromatic heterocycles. The number of nitrogens with two attached hydrogens (primary N) is 1. The Morgan fingerprint density at radius 1 is 1.74 bits per heavy atom. The average Bonchev–Trinajstić information content (AvgIpc) is 2.79. The molecule has 1 saturated heterocycles. The van der Waals surface area contributed by atoms with Crippen molar-refractivity contribution in [1.82, 2.24) is 9.88 Å². The van der Waals surface area contributed by atoms with E-state index < -0.39 is 0 Å². The van der Waals surface area contributed by atoms with Crippen molar-refractivity contribution in [2.45, 2.75) is 13.0 Å². The fraction of sp³-hybridized carbons (Fsp3) is 0.636. The summed E-state index contributed by atoms with van der Waals surface area (Å²) >= 11 is 1.24. The van der Waals surface area contributed by atoms with Crippen LogP contribution in [0.2, 0.25) is 0 Å². The maximum atomic E-state index is 12.4. The first-order valence-electron chi connectivity index (χ1n) is 6.17. The van der Waals surface area contributed by atoms with Crippen LogP contribution in [-0.4, -0.2) is 59.8 Å². The Bertz CT molecular complexity index is 451. The van der Waals surface area contributed by atoms with Crippen LogP contribution in [0.3, 0.4) is 0 Å². The molecule has 1 atom stereocenters. The van der Waals surface area contributed by atoms with Gasteiger partial charge in [-0.1, -0.05) is 11.3 Å². The lowest BCUT2D eigenvalue weighted by molar-refractivity contribution is -0.0181. The molecule has 106 valence electrons. The number of nitrogens with one attached hydrogen (secondary N) is 1. The number of nitrogens with zero attached hydrogens (tertiary/aromatic N) is 2. The highest BCUT2D eigenvalue weighted by molar-refractivity contribution is 7.18. The molecule has 1 aliphatic heterocycles. The number of aliphatic hydroxyl groups is 1. The van der Waals surface area contributed by atoms with Gasteiger partial charge in [0, 0.05) is 13.1 Å². The molecule has 1 unspecified atom stereocenters. The Morgan fingerprint density at radius 3 is 3.21 bits per heavy atom. The lowest BCUT2D eigenvalue weighted by Gasteiger charge is -2.34. The number of amides is 1. The number of hydrogen-bond donors (Lipinski definition) is 3. The molecule has 1 aromatic rings. The number of thiazole rings is 1. The summed E-state index contributed by atoms with van der Waals surface area (Å²) in [7, 11) is 0. The zero-order valence-electron chi connectivity index (χ0n) is 10.8. The summed E-state index contributed by atoms with van der Waals surface area (Å²) in [6.45, 7) is 3.82. The lowest BCUT2D eigenvalue weighted by atomic mass is 10.2. The summed E-state index contributed by atoms with van der Waals surface area (Å²) in [5, 5.41) is 13.0. The monoisotopic (exact) mass is 286 g/mol. The van der Waals surface area contributed by atoms with E-state index in [0.717, 1.165) is 6.54 Å². The first-order chi connectivity index (χ1) is 9.17. The number of rotatable bonds is 4. The average molecular weight is 286 g/mol. The van der Waals surface area contributed by atoms with Crippen molar-refractivity contribution in [1.29, 1.82) is 0 Å². The minimum Gasteiger partial charge on any atom is -0.394 e. The third-order valence-electron chi connectivity index (χ3n) is 2.87. The molecular formula is C11H18N4O3S. The zero-order valence-corrected chi connectivity index (χ0v) is 11.6. The third-order valence-corrected chi connectivity index (χ3v) is 3.89. The van der Waals surface area contributed by atoms with Crippen molar-refractivity contribution in [3.8, 4) is 0 Å². The Hall–Kier alpha value is -1.38. The number of morpholine rings is 1. The van der Waals surface area contributed by atoms with Gasteiger partial charge in [-0.3, -0.25) is 4.79 Å². The molecule has 1 amide bonds. The van der Waals surface area contributed by atoms with Crippen molar-refractivity contribution in [2.75, 3.05) is 44.0 Å². The predicted molar refractivity (Wildman–Crippen MR) is 73.4 cm³/mol. The van der Waals surface area contributed by atoms with Crippen LogP contribution in [0.1, 0.15) is 16.6 Å². The Morgan fingerprint density at radius 2 is 2.53 bits per heavy atom. The highest BCUT2D eigenvalue weighted by Crippen LogP contribution is 2.27. The van der Waals surface area contributed by atoms with E-state index in [-0.39, 0.29) is 24.4 Å². The number of nitrogen functional groups attached to an aromatic ring is 1. The molecule has 19 heavy (non-hydrogen) atoms. The van der Waals surface area contributed by atoms with Crippen molar-refractivity contribution < 1.29 is 14.6 Å². The summed E-state index contributed by atoms with van der Waals surface area (Å²) in [5.74, 6) is 0.0376. The summed E-state index contributed by atoms with van der Waals surface area (Å²) in [6.07, 6.45) is 0. The van der Waals surface area contributed by atoms with Gasteiger partial charge in [0.25, 0.3) is 5.91 Å². The quantitative estimate of drug-likeness (QED) is 0.720. The highest BCUT2D eigenvalue weighted by Gasteiger charge is 2.30. The standard InChI is InChI=1S/C11H18N4O3S/c1-2-13-11-14-9(12)8(19-11)10(17)15-3-4-18-6-7(15)5-16/h7,16H,2-6,12H2,1H3,(H,13,14). The Balaban J connectivity index is 2.17. The van der Waals surface area contributed by atoms with E-state index in [4.69, 9.17) is 10.5 Å². The second-order valence-corrected chi connectivity index (χ2v) is 5.17. The fourth-order valence-corrected chi connectivity index (χ4v) is 2.82. The fourth-order valence-electron chi connectivity index (χ4n) is 1.92. The van der Waals surface area contributed by atoms with E-state index in [0.29, 0.717) is 29.8 Å². The molecule has 7 nitrogen and oxygen atoms in total. The van der Waals surface area contributed by atoms with E-state index in [2.05, 4.69) is 10.3 Å². The molecule has 2 rings (SSSR count). The van der Waals surface area contributed by atoms with Gasteiger partial charge in [-0.05, 0) is 6.92 Å². The van der Waals surface area contributed by atoms with Crippen molar-refractivity contribution >= 4 is 28.2 Å². The number of carbonyl (C=O) groups excluding carboxylic acids is 1. The van der Waals surface area contributed by atoms with E-state index in [1.807, 2.05) is 6.92 Å². The number of hydrogen-bond acceptors (Lipinski definition) is 7. The molecule has 0 aromatic carbocycles. The van der Waals surface area contributed by atoms with Crippen LogP contribution in [0.4, 0.5) is 10.9 Å². The maximum absolute atomic E-state index is 12.4. The molecule has 2 heterocycles. The van der Waals surface area contributed by atoms with Gasteiger partial charge in [-0.15, -0.1) is 0 Å². The van der Waals surface area contributed by atoms with E-state index in [1.54, 1.807) is 4.90 Å². The Labute approximate surface area is 115 Å². The van der Waals surface area contributed by atoms with Gasteiger partial charge in [-0.25, -0.2) is 4.98 Å². The van der Waals surface area contributed by atoms with E-state index >= 15 is 0 Å². The second kappa shape index (κ2) is 6.18. The van der Waals surface area contributed by atoms with Gasteiger partial charge >= 0.3 is 0 Å². The number of carbonyl (C=O) groups is 1. The van der Waals surface area contributed by atoms with Gasteiger partial charge < -0.3 is 25.8 Å². The lowest BCUT2D eigenvalue weighted by Crippen LogP contribution is -2.50. The molecule has 0 spiro atoms. The van der Waals surface area contributed by atoms with Crippen LogP contribution in [0, 0.1) is 0 Å². The summed E-state index contributed by atoms with van der Waals surface area (Å²) in [4.78, 5) is 18.6. The smallest absolute Gasteiger partial charge is 0.268 e. The molecule has 0 bridgehead atoms. The predicted octanol–water partition coefficient (Wildman–Crippen LogP) is -0.00960. The number of aromatic nitrogens is 1. The summed E-state index contributed by atoms with van der Waals surface area (Å²) < 4.78 is 5.25. The number of ether oxygens (including phenoxy) is 1. The number of anilines is 2. The third kappa shape index (κ3) is 2.96. The zero-order chi connectivity index (χ0) is 13.8. The molecule has 0 aliphatic carbocycles. The van der Waals surface area contributed by atoms with Crippen LogP contribution in [-0.2, 0) is 4.74 Å². The van der Waals surface area contributed by atoms with Crippen LogP contribution in [0.15, 0.2) is 0 Å². The SMILES string of the molecule is CCNc1nc(N)c(C(=O)N2CCOCC2CO)s1. The van der Waals surface area contributed by atoms with Gasteiger partial charge in [-0.2, -0.15) is 0 Å². The normalized spacial score (nSPS) is 19.5. The first-order valence-corrected chi connectivity index (χ1v) is 6.98. The van der Waals surface area contributed by atoms with Crippen LogP contribution in [0.25, 0.3) is 0 Å². The van der Waals surface area contributed by atoms with Crippen molar-refractivity contribution in [3.05, 3.63) is 4.88 Å². The molecular weight excluding hydrogens is 268 g/mol. The van der Waals surface area contributed by atoms with Crippen molar-refractivity contribution in [3.63, 3.8) is 0 Å². The van der Waals surface area contributed by atoms with Crippen LogP contribution >= 0.6 is 11.3 Å². The molecule has 4 N–H and O–H groups in total. The Kier molecular flexibility index (Phi) is 4.56. The van der Waals surface area contributed by atoms with Gasteiger partial charge in [0.05, 0.1) is 25.9 Å². The van der Waals surface area contributed by atoms with E-state index in [9.17, 15) is 9.90 Å². The first kappa shape index (κ1) is 14.0. The topological polar surface area (TPSA) is 101 Å². The second-order valence-electron chi connectivity index (χ2n) is 4.17. The molecule has 1 aliphatic rings. The van der Waals surface area contributed by atoms with Crippen molar-refractivity contribution in [2.24, 2.45) is 0 Å². The molecule has 8 heteroatoms. The number of aliphatic hydroxyl groups excluding tert-OH is 1. The minimum absolute atomic E-state index is 0.121. The molecule has 1 fully saturated rings. The molecule has 0 saturated carbocycles. The summed E-state index contributed by atoms with van der Waals surface area (Å²) in [5.41, 5.74) is 5.78. The highest BCUT2D eigenvalue weighted by atomic mass is 32.1. The van der Waals surface area contributed by atoms with Gasteiger partial charge in [0.15, 0.2) is 5.13 Å². The largest absolute Gasteiger partial charge is 0.394 e.